The van der Waals surface area contributed by atoms with Gasteiger partial charge in [0.1, 0.15) is 11.5 Å². The number of benzene rings is 2. The molecule has 0 radical (unpaired) electrons. The van der Waals surface area contributed by atoms with Crippen LogP contribution in [0.25, 0.3) is 0 Å². The van der Waals surface area contributed by atoms with Gasteiger partial charge in [-0.15, -0.1) is 23.5 Å². The molecule has 0 amide bonds. The molecule has 0 bridgehead atoms. The highest BCUT2D eigenvalue weighted by Crippen LogP contribution is 2.67. The molecule has 1 heterocycles. The lowest BCUT2D eigenvalue weighted by molar-refractivity contribution is 0.387. The van der Waals surface area contributed by atoms with E-state index in [2.05, 4.69) is 30.3 Å². The summed E-state index contributed by atoms with van der Waals surface area (Å²) < 4.78 is 11.4. The molecular formula is C18H18O2S2. The largest absolute Gasteiger partial charge is 0.496 e. The Kier molecular flexibility index (Phi) is 3.54. The van der Waals surface area contributed by atoms with Crippen LogP contribution in [0.2, 0.25) is 0 Å². The summed E-state index contributed by atoms with van der Waals surface area (Å²) in [6, 6.07) is 12.8. The fraction of sp³-hybridized carbons (Fsp3) is 0.333. The molecule has 4 heteroatoms. The number of hydrogen-bond acceptors (Lipinski definition) is 4. The average molecular weight is 330 g/mol. The first-order chi connectivity index (χ1) is 10.8. The molecular weight excluding hydrogens is 312 g/mol. The second-order valence-corrected chi connectivity index (χ2v) is 8.52. The molecule has 0 atom stereocenters. The number of hydrogen-bond donors (Lipinski definition) is 0. The third kappa shape index (κ3) is 2.04. The van der Waals surface area contributed by atoms with Gasteiger partial charge in [0.05, 0.1) is 18.3 Å². The van der Waals surface area contributed by atoms with Gasteiger partial charge < -0.3 is 9.47 Å². The van der Waals surface area contributed by atoms with Gasteiger partial charge in [-0.2, -0.15) is 0 Å². The Labute approximate surface area is 139 Å². The maximum absolute atomic E-state index is 5.72. The van der Waals surface area contributed by atoms with Crippen LogP contribution in [-0.4, -0.2) is 14.2 Å². The lowest BCUT2D eigenvalue weighted by atomic mass is 9.89. The topological polar surface area (TPSA) is 18.5 Å². The predicted molar refractivity (Wildman–Crippen MR) is 92.3 cm³/mol. The molecule has 4 rings (SSSR count). The highest BCUT2D eigenvalue weighted by Gasteiger charge is 2.46. The third-order valence-electron chi connectivity index (χ3n) is 4.38. The van der Waals surface area contributed by atoms with Crippen LogP contribution >= 0.6 is 23.5 Å². The minimum Gasteiger partial charge on any atom is -0.496 e. The van der Waals surface area contributed by atoms with Crippen LogP contribution in [0.3, 0.4) is 0 Å². The highest BCUT2D eigenvalue weighted by atomic mass is 32.2. The smallest absolute Gasteiger partial charge is 0.124 e. The van der Waals surface area contributed by atoms with Crippen molar-refractivity contribution < 1.29 is 9.47 Å². The SMILES string of the molecule is COc1ccc(OC)c2c1CCCC21Sc2ccccc2S1. The van der Waals surface area contributed by atoms with Crippen molar-refractivity contribution in [2.24, 2.45) is 0 Å². The third-order valence-corrected chi connectivity index (χ3v) is 7.64. The lowest BCUT2D eigenvalue weighted by Gasteiger charge is -2.36. The fourth-order valence-electron chi connectivity index (χ4n) is 3.46. The van der Waals surface area contributed by atoms with E-state index in [0.717, 1.165) is 24.3 Å². The standard InChI is InChI=1S/C18H18O2S2/c1-19-13-9-10-14(20-2)17-12(13)6-5-11-18(17)21-15-7-3-4-8-16(15)22-18/h3-4,7-10H,5-6,11H2,1-2H3. The van der Waals surface area contributed by atoms with Crippen LogP contribution in [-0.2, 0) is 10.5 Å². The van der Waals surface area contributed by atoms with Crippen LogP contribution in [0.15, 0.2) is 46.2 Å². The van der Waals surface area contributed by atoms with E-state index >= 15 is 0 Å². The number of methoxy groups -OCH3 is 2. The summed E-state index contributed by atoms with van der Waals surface area (Å²) in [4.78, 5) is 2.76. The minimum absolute atomic E-state index is 0.0250. The van der Waals surface area contributed by atoms with Gasteiger partial charge in [-0.25, -0.2) is 0 Å². The highest BCUT2D eigenvalue weighted by molar-refractivity contribution is 8.20. The molecule has 1 spiro atoms. The normalized spacial score (nSPS) is 17.9. The van der Waals surface area contributed by atoms with Gasteiger partial charge in [-0.1, -0.05) is 12.1 Å². The molecule has 0 fully saturated rings. The summed E-state index contributed by atoms with van der Waals surface area (Å²) in [6.07, 6.45) is 3.41. The lowest BCUT2D eigenvalue weighted by Crippen LogP contribution is -2.23. The van der Waals surface area contributed by atoms with Crippen molar-refractivity contribution in [1.82, 2.24) is 0 Å². The number of fused-ring (bicyclic) bond motifs is 3. The van der Waals surface area contributed by atoms with Crippen molar-refractivity contribution in [2.45, 2.75) is 33.1 Å². The van der Waals surface area contributed by atoms with E-state index in [1.807, 2.05) is 29.6 Å². The number of rotatable bonds is 2. The van der Waals surface area contributed by atoms with Crippen LogP contribution in [0.4, 0.5) is 0 Å². The molecule has 0 saturated carbocycles. The van der Waals surface area contributed by atoms with Gasteiger partial charge in [0, 0.05) is 20.9 Å². The average Bonchev–Trinajstić information content (AvgIpc) is 2.92. The molecule has 0 saturated heterocycles. The Hall–Kier alpha value is -1.26. The Morgan fingerprint density at radius 1 is 0.909 bits per heavy atom. The molecule has 0 unspecified atom stereocenters. The molecule has 1 aliphatic carbocycles. The Morgan fingerprint density at radius 2 is 1.55 bits per heavy atom. The van der Waals surface area contributed by atoms with Crippen molar-refractivity contribution in [3.05, 3.63) is 47.5 Å². The first-order valence-electron chi connectivity index (χ1n) is 7.49. The zero-order chi connectivity index (χ0) is 15.2. The van der Waals surface area contributed by atoms with Crippen molar-refractivity contribution in [3.63, 3.8) is 0 Å². The Balaban J connectivity index is 1.90. The first-order valence-corrected chi connectivity index (χ1v) is 9.12. The summed E-state index contributed by atoms with van der Waals surface area (Å²) in [6.45, 7) is 0. The Bertz CT molecular complexity index is 702. The zero-order valence-corrected chi connectivity index (χ0v) is 14.4. The fourth-order valence-corrected chi connectivity index (χ4v) is 6.90. The van der Waals surface area contributed by atoms with E-state index in [-0.39, 0.29) is 4.08 Å². The molecule has 2 aromatic carbocycles. The molecule has 1 aliphatic heterocycles. The monoisotopic (exact) mass is 330 g/mol. The van der Waals surface area contributed by atoms with E-state index in [1.165, 1.54) is 27.3 Å². The molecule has 22 heavy (non-hydrogen) atoms. The van der Waals surface area contributed by atoms with E-state index in [0.29, 0.717) is 0 Å². The summed E-state index contributed by atoms with van der Waals surface area (Å²) in [7, 11) is 3.52. The van der Waals surface area contributed by atoms with Crippen molar-refractivity contribution in [2.75, 3.05) is 14.2 Å². The van der Waals surface area contributed by atoms with Crippen molar-refractivity contribution in [1.29, 1.82) is 0 Å². The summed E-state index contributed by atoms with van der Waals surface area (Å²) in [5, 5.41) is 0. The number of ether oxygens (including phenoxy) is 2. The second kappa shape index (κ2) is 5.43. The van der Waals surface area contributed by atoms with Crippen molar-refractivity contribution in [3.8, 4) is 11.5 Å². The van der Waals surface area contributed by atoms with E-state index in [1.54, 1.807) is 14.2 Å². The zero-order valence-electron chi connectivity index (χ0n) is 12.7. The van der Waals surface area contributed by atoms with E-state index in [4.69, 9.17) is 9.47 Å². The van der Waals surface area contributed by atoms with Crippen LogP contribution in [0.5, 0.6) is 11.5 Å². The van der Waals surface area contributed by atoms with Crippen LogP contribution < -0.4 is 9.47 Å². The molecule has 0 aromatic heterocycles. The minimum atomic E-state index is 0.0250. The van der Waals surface area contributed by atoms with Crippen LogP contribution in [0.1, 0.15) is 24.0 Å². The quantitative estimate of drug-likeness (QED) is 0.763. The van der Waals surface area contributed by atoms with Crippen LogP contribution in [0, 0.1) is 0 Å². The summed E-state index contributed by atoms with van der Waals surface area (Å²) in [5.74, 6) is 1.98. The summed E-state index contributed by atoms with van der Waals surface area (Å²) in [5.41, 5.74) is 2.65. The Morgan fingerprint density at radius 3 is 2.18 bits per heavy atom. The van der Waals surface area contributed by atoms with E-state index in [9.17, 15) is 0 Å². The second-order valence-electron chi connectivity index (χ2n) is 5.58. The van der Waals surface area contributed by atoms with Crippen molar-refractivity contribution >= 4 is 23.5 Å². The van der Waals surface area contributed by atoms with E-state index < -0.39 is 0 Å². The first kappa shape index (κ1) is 14.3. The maximum atomic E-state index is 5.72. The number of thioether (sulfide) groups is 2. The van der Waals surface area contributed by atoms with Gasteiger partial charge >= 0.3 is 0 Å². The van der Waals surface area contributed by atoms with Gasteiger partial charge in [0.2, 0.25) is 0 Å². The predicted octanol–water partition coefficient (Wildman–Crippen LogP) is 5.09. The van der Waals surface area contributed by atoms with Gasteiger partial charge in [0.25, 0.3) is 0 Å². The molecule has 2 aromatic rings. The molecule has 2 nitrogen and oxygen atoms in total. The summed E-state index contributed by atoms with van der Waals surface area (Å²) >= 11 is 3.96. The van der Waals surface area contributed by atoms with Gasteiger partial charge in [-0.05, 0) is 43.5 Å². The molecule has 2 aliphatic rings. The maximum Gasteiger partial charge on any atom is 0.124 e. The van der Waals surface area contributed by atoms with Gasteiger partial charge in [0.15, 0.2) is 0 Å². The van der Waals surface area contributed by atoms with Gasteiger partial charge in [-0.3, -0.25) is 0 Å². The molecule has 114 valence electrons. The molecule has 0 N–H and O–H groups in total.